The number of hydrogen-bond acceptors (Lipinski definition) is 2. The minimum atomic E-state index is -2.53. The molecule has 1 aliphatic carbocycles. The van der Waals surface area contributed by atoms with Crippen molar-refractivity contribution in [2.24, 2.45) is 0 Å². The quantitative estimate of drug-likeness (QED) is 0.677. The van der Waals surface area contributed by atoms with Crippen LogP contribution >= 0.6 is 0 Å². The molecule has 0 aromatic carbocycles. The van der Waals surface area contributed by atoms with Crippen LogP contribution in [-0.2, 0) is 15.3 Å². The Kier molecular flexibility index (Phi) is 3.17. The summed E-state index contributed by atoms with van der Waals surface area (Å²) in [7, 11) is 0. The van der Waals surface area contributed by atoms with Gasteiger partial charge >= 0.3 is 0 Å². The predicted molar refractivity (Wildman–Crippen MR) is 42.4 cm³/mol. The molecule has 0 N–H and O–H groups in total. The molecule has 0 bridgehead atoms. The number of hydrogen-bond donors (Lipinski definition) is 0. The van der Waals surface area contributed by atoms with Gasteiger partial charge in [0.15, 0.2) is 11.1 Å². The molecule has 72 valence electrons. The molecule has 1 saturated carbocycles. The van der Waals surface area contributed by atoms with E-state index in [1.165, 1.54) is 6.26 Å². The zero-order chi connectivity index (χ0) is 9.19. The van der Waals surface area contributed by atoms with E-state index < -0.39 is 17.0 Å². The molecule has 0 saturated heterocycles. The molecule has 1 atom stereocenters. The molecule has 0 radical (unpaired) electrons. The van der Waals surface area contributed by atoms with Gasteiger partial charge in [-0.25, -0.2) is 13.0 Å². The standard InChI is InChI=1S/C7H12F2O2S/c1-12(10)11-6-2-4-7(8,9)5-3-6/h6H,2-5H2,1H3. The Labute approximate surface area is 73.0 Å². The fourth-order valence-corrected chi connectivity index (χ4v) is 1.88. The summed E-state index contributed by atoms with van der Waals surface area (Å²) < 4.78 is 40.7. The van der Waals surface area contributed by atoms with Gasteiger partial charge in [-0.1, -0.05) is 0 Å². The number of halogens is 2. The van der Waals surface area contributed by atoms with Crippen LogP contribution in [0.1, 0.15) is 25.7 Å². The normalized spacial score (nSPS) is 26.9. The topological polar surface area (TPSA) is 26.3 Å². The Balaban J connectivity index is 2.31. The van der Waals surface area contributed by atoms with Crippen molar-refractivity contribution in [3.05, 3.63) is 0 Å². The second kappa shape index (κ2) is 3.79. The van der Waals surface area contributed by atoms with E-state index in [1.807, 2.05) is 0 Å². The van der Waals surface area contributed by atoms with Crippen LogP contribution in [0.4, 0.5) is 8.78 Å². The average molecular weight is 198 g/mol. The van der Waals surface area contributed by atoms with Gasteiger partial charge in [0, 0.05) is 19.1 Å². The first kappa shape index (κ1) is 10.1. The zero-order valence-electron chi connectivity index (χ0n) is 6.89. The highest BCUT2D eigenvalue weighted by Gasteiger charge is 2.35. The summed E-state index contributed by atoms with van der Waals surface area (Å²) in [6.07, 6.45) is 1.51. The average Bonchev–Trinajstić information content (AvgIpc) is 1.93. The van der Waals surface area contributed by atoms with E-state index in [-0.39, 0.29) is 18.9 Å². The SMILES string of the molecule is CS(=O)OC1CCC(F)(F)CC1. The highest BCUT2D eigenvalue weighted by molar-refractivity contribution is 7.79. The Hall–Kier alpha value is -0.0300. The van der Waals surface area contributed by atoms with Gasteiger partial charge in [0.05, 0.1) is 6.10 Å². The highest BCUT2D eigenvalue weighted by Crippen LogP contribution is 2.34. The van der Waals surface area contributed by atoms with E-state index in [1.54, 1.807) is 0 Å². The lowest BCUT2D eigenvalue weighted by Crippen LogP contribution is -2.29. The van der Waals surface area contributed by atoms with Crippen molar-refractivity contribution in [2.75, 3.05) is 6.26 Å². The third-order valence-corrected chi connectivity index (χ3v) is 2.48. The van der Waals surface area contributed by atoms with Crippen LogP contribution < -0.4 is 0 Å². The third kappa shape index (κ3) is 3.15. The van der Waals surface area contributed by atoms with Gasteiger partial charge in [0.1, 0.15) is 0 Å². The summed E-state index contributed by atoms with van der Waals surface area (Å²) in [4.78, 5) is 0. The Morgan fingerprint density at radius 2 is 1.92 bits per heavy atom. The van der Waals surface area contributed by atoms with Gasteiger partial charge < -0.3 is 0 Å². The molecule has 2 nitrogen and oxygen atoms in total. The molecule has 1 unspecified atom stereocenters. The lowest BCUT2D eigenvalue weighted by Gasteiger charge is -2.26. The Morgan fingerprint density at radius 3 is 2.33 bits per heavy atom. The molecular weight excluding hydrogens is 186 g/mol. The van der Waals surface area contributed by atoms with Crippen molar-refractivity contribution in [3.8, 4) is 0 Å². The first-order valence-corrected chi connectivity index (χ1v) is 5.36. The van der Waals surface area contributed by atoms with Crippen molar-refractivity contribution in [1.82, 2.24) is 0 Å². The van der Waals surface area contributed by atoms with Gasteiger partial charge in [-0.3, -0.25) is 4.18 Å². The summed E-state index contributed by atoms with van der Waals surface area (Å²) >= 11 is -1.33. The molecule has 0 heterocycles. The van der Waals surface area contributed by atoms with Gasteiger partial charge in [-0.15, -0.1) is 0 Å². The van der Waals surface area contributed by atoms with Crippen LogP contribution in [0.25, 0.3) is 0 Å². The highest BCUT2D eigenvalue weighted by atomic mass is 32.2. The molecule has 1 rings (SSSR count). The molecule has 5 heteroatoms. The Morgan fingerprint density at radius 1 is 1.42 bits per heavy atom. The fourth-order valence-electron chi connectivity index (χ4n) is 1.30. The molecule has 0 aromatic heterocycles. The minimum Gasteiger partial charge on any atom is -0.287 e. The van der Waals surface area contributed by atoms with E-state index >= 15 is 0 Å². The maximum Gasteiger partial charge on any atom is 0.248 e. The van der Waals surface area contributed by atoms with Crippen molar-refractivity contribution in [1.29, 1.82) is 0 Å². The van der Waals surface area contributed by atoms with Gasteiger partial charge in [0.2, 0.25) is 5.92 Å². The van der Waals surface area contributed by atoms with Crippen molar-refractivity contribution in [2.45, 2.75) is 37.7 Å². The first-order chi connectivity index (χ1) is 5.49. The van der Waals surface area contributed by atoms with E-state index in [0.29, 0.717) is 12.8 Å². The van der Waals surface area contributed by atoms with Crippen molar-refractivity contribution < 1.29 is 17.2 Å². The third-order valence-electron chi connectivity index (χ3n) is 1.94. The van der Waals surface area contributed by atoms with Crippen molar-refractivity contribution in [3.63, 3.8) is 0 Å². The first-order valence-electron chi connectivity index (χ1n) is 3.88. The Bertz CT molecular complexity index is 174. The summed E-state index contributed by atoms with van der Waals surface area (Å²) in [5.74, 6) is -2.53. The smallest absolute Gasteiger partial charge is 0.248 e. The van der Waals surface area contributed by atoms with Crippen LogP contribution in [0.3, 0.4) is 0 Å². The van der Waals surface area contributed by atoms with Crippen molar-refractivity contribution >= 4 is 11.1 Å². The van der Waals surface area contributed by atoms with E-state index in [0.717, 1.165) is 0 Å². The second-order valence-corrected chi connectivity index (χ2v) is 4.05. The van der Waals surface area contributed by atoms with Crippen LogP contribution in [0.15, 0.2) is 0 Å². The van der Waals surface area contributed by atoms with E-state index in [9.17, 15) is 13.0 Å². The fraction of sp³-hybridized carbons (Fsp3) is 1.00. The van der Waals surface area contributed by atoms with E-state index in [2.05, 4.69) is 0 Å². The molecule has 12 heavy (non-hydrogen) atoms. The van der Waals surface area contributed by atoms with Gasteiger partial charge in [0.25, 0.3) is 0 Å². The van der Waals surface area contributed by atoms with Crippen LogP contribution in [0.2, 0.25) is 0 Å². The summed E-state index contributed by atoms with van der Waals surface area (Å²) in [6.45, 7) is 0. The summed E-state index contributed by atoms with van der Waals surface area (Å²) in [5.41, 5.74) is 0. The molecule has 1 aliphatic rings. The molecule has 1 fully saturated rings. The lowest BCUT2D eigenvalue weighted by atomic mass is 9.94. The number of alkyl halides is 2. The monoisotopic (exact) mass is 198 g/mol. The van der Waals surface area contributed by atoms with Gasteiger partial charge in [-0.2, -0.15) is 0 Å². The zero-order valence-corrected chi connectivity index (χ0v) is 7.70. The maximum atomic E-state index is 12.6. The molecule has 0 aromatic rings. The molecule has 0 aliphatic heterocycles. The molecule has 0 amide bonds. The lowest BCUT2D eigenvalue weighted by molar-refractivity contribution is -0.0564. The molecule has 0 spiro atoms. The largest absolute Gasteiger partial charge is 0.287 e. The number of rotatable bonds is 2. The predicted octanol–water partition coefficient (Wildman–Crippen LogP) is 1.87. The minimum absolute atomic E-state index is 0.144. The van der Waals surface area contributed by atoms with Crippen LogP contribution in [0.5, 0.6) is 0 Å². The van der Waals surface area contributed by atoms with Gasteiger partial charge in [-0.05, 0) is 12.8 Å². The molecular formula is C7H12F2O2S. The summed E-state index contributed by atoms with van der Waals surface area (Å²) in [5, 5.41) is 0. The summed E-state index contributed by atoms with van der Waals surface area (Å²) in [6, 6.07) is 0. The maximum absolute atomic E-state index is 12.6. The van der Waals surface area contributed by atoms with Crippen LogP contribution in [-0.4, -0.2) is 22.5 Å². The van der Waals surface area contributed by atoms with Crippen LogP contribution in [0, 0.1) is 0 Å². The second-order valence-electron chi connectivity index (χ2n) is 3.05. The van der Waals surface area contributed by atoms with E-state index in [4.69, 9.17) is 4.18 Å².